The summed E-state index contributed by atoms with van der Waals surface area (Å²) in [6, 6.07) is 8.84. The Hall–Kier alpha value is -1.52. The van der Waals surface area contributed by atoms with Gasteiger partial charge in [0.2, 0.25) is 0 Å². The normalized spacial score (nSPS) is 23.0. The third-order valence-electron chi connectivity index (χ3n) is 4.80. The van der Waals surface area contributed by atoms with Gasteiger partial charge in [-0.2, -0.15) is 0 Å². The predicted molar refractivity (Wildman–Crippen MR) is 93.2 cm³/mol. The Kier molecular flexibility index (Phi) is 4.04. The monoisotopic (exact) mass is 326 g/mol. The maximum absolute atomic E-state index is 12.5. The molecule has 0 saturated heterocycles. The minimum atomic E-state index is 0.193. The molecule has 0 radical (unpaired) electrons. The van der Waals surface area contributed by atoms with Gasteiger partial charge in [0.1, 0.15) is 0 Å². The summed E-state index contributed by atoms with van der Waals surface area (Å²) in [5.74, 6) is 1.71. The number of benzene rings is 1. The molecule has 0 spiro atoms. The molecule has 2 aromatic rings. The van der Waals surface area contributed by atoms with E-state index in [1.807, 2.05) is 25.3 Å². The van der Waals surface area contributed by atoms with E-state index >= 15 is 0 Å². The summed E-state index contributed by atoms with van der Waals surface area (Å²) in [5.41, 5.74) is 2.14. The Morgan fingerprint density at radius 1 is 1.39 bits per heavy atom. The van der Waals surface area contributed by atoms with Crippen molar-refractivity contribution >= 4 is 17.1 Å². The molecule has 2 fully saturated rings. The van der Waals surface area contributed by atoms with Gasteiger partial charge in [-0.15, -0.1) is 11.3 Å². The molecule has 3 nitrogen and oxygen atoms in total. The second-order valence-electron chi connectivity index (χ2n) is 6.87. The topological polar surface area (TPSA) is 42.0 Å². The third kappa shape index (κ3) is 3.70. The lowest BCUT2D eigenvalue weighted by molar-refractivity contribution is 0.0993. The number of nitrogens with one attached hydrogen (secondary N) is 1. The molecule has 2 aliphatic rings. The Labute approximate surface area is 141 Å². The van der Waals surface area contributed by atoms with E-state index in [1.165, 1.54) is 31.4 Å². The van der Waals surface area contributed by atoms with Gasteiger partial charge in [0.25, 0.3) is 0 Å². The molecule has 1 aromatic carbocycles. The molecule has 2 saturated carbocycles. The smallest absolute Gasteiger partial charge is 0.168 e. The van der Waals surface area contributed by atoms with Crippen molar-refractivity contribution in [2.45, 2.75) is 44.6 Å². The fourth-order valence-electron chi connectivity index (χ4n) is 3.12. The van der Waals surface area contributed by atoms with Crippen LogP contribution in [0.5, 0.6) is 0 Å². The van der Waals surface area contributed by atoms with Gasteiger partial charge in [0.15, 0.2) is 5.78 Å². The summed E-state index contributed by atoms with van der Waals surface area (Å²) in [7, 11) is 0. The van der Waals surface area contributed by atoms with Crippen molar-refractivity contribution in [3.05, 3.63) is 51.5 Å². The molecule has 2 atom stereocenters. The average molecular weight is 326 g/mol. The zero-order chi connectivity index (χ0) is 15.8. The van der Waals surface area contributed by atoms with Gasteiger partial charge in [0.05, 0.1) is 5.01 Å². The van der Waals surface area contributed by atoms with Crippen LogP contribution in [-0.4, -0.2) is 23.4 Å². The highest BCUT2D eigenvalue weighted by Gasteiger charge is 2.39. The third-order valence-corrected chi connectivity index (χ3v) is 5.71. The van der Waals surface area contributed by atoms with Crippen molar-refractivity contribution in [2.75, 3.05) is 6.54 Å². The summed E-state index contributed by atoms with van der Waals surface area (Å²) in [6.45, 7) is 3.14. The quantitative estimate of drug-likeness (QED) is 0.788. The highest BCUT2D eigenvalue weighted by atomic mass is 32.1. The van der Waals surface area contributed by atoms with Crippen molar-refractivity contribution in [1.29, 1.82) is 0 Å². The van der Waals surface area contributed by atoms with E-state index in [0.717, 1.165) is 21.4 Å². The van der Waals surface area contributed by atoms with Crippen LogP contribution in [0.2, 0.25) is 0 Å². The summed E-state index contributed by atoms with van der Waals surface area (Å²) in [6.07, 6.45) is 6.28. The zero-order valence-electron chi connectivity index (χ0n) is 13.4. The molecule has 1 heterocycles. The van der Waals surface area contributed by atoms with E-state index in [4.69, 9.17) is 0 Å². The number of carbonyl (C=O) groups is 1. The standard InChI is InChI=1S/C19H22N2OS/c1-12-20-11-16(23-12)8-19(22)15-4-2-3-14(7-15)17-9-18(17)21-10-13-5-6-13/h2-4,7,11,13,17-18,21H,5-6,8-10H2,1H3. The molecule has 2 aliphatic carbocycles. The Morgan fingerprint density at radius 3 is 3.00 bits per heavy atom. The Morgan fingerprint density at radius 2 is 2.26 bits per heavy atom. The van der Waals surface area contributed by atoms with Crippen molar-refractivity contribution in [3.8, 4) is 0 Å². The van der Waals surface area contributed by atoms with Gasteiger partial charge in [-0.25, -0.2) is 4.98 Å². The lowest BCUT2D eigenvalue weighted by Crippen LogP contribution is -2.20. The number of ketones is 1. The molecule has 1 N–H and O–H groups in total. The summed E-state index contributed by atoms with van der Waals surface area (Å²) >= 11 is 1.61. The lowest BCUT2D eigenvalue weighted by atomic mass is 10.0. The number of nitrogens with zero attached hydrogens (tertiary/aromatic N) is 1. The molecular formula is C19H22N2OS. The lowest BCUT2D eigenvalue weighted by Gasteiger charge is -2.05. The van der Waals surface area contributed by atoms with Gasteiger partial charge >= 0.3 is 0 Å². The zero-order valence-corrected chi connectivity index (χ0v) is 14.2. The number of hydrogen-bond donors (Lipinski definition) is 1. The second-order valence-corrected chi connectivity index (χ2v) is 8.19. The van der Waals surface area contributed by atoms with E-state index in [9.17, 15) is 4.79 Å². The fraction of sp³-hybridized carbons (Fsp3) is 0.474. The van der Waals surface area contributed by atoms with Crippen LogP contribution >= 0.6 is 11.3 Å². The maximum Gasteiger partial charge on any atom is 0.168 e. The van der Waals surface area contributed by atoms with Gasteiger partial charge in [-0.05, 0) is 50.3 Å². The van der Waals surface area contributed by atoms with Crippen molar-refractivity contribution in [3.63, 3.8) is 0 Å². The average Bonchev–Trinajstić information content (AvgIpc) is 3.45. The van der Waals surface area contributed by atoms with Crippen LogP contribution in [0.15, 0.2) is 30.5 Å². The van der Waals surface area contributed by atoms with Crippen LogP contribution < -0.4 is 5.32 Å². The molecule has 0 amide bonds. The van der Waals surface area contributed by atoms with Gasteiger partial charge in [0, 0.05) is 35.0 Å². The number of aromatic nitrogens is 1. The number of carbonyl (C=O) groups excluding carboxylic acids is 1. The van der Waals surface area contributed by atoms with E-state index in [1.54, 1.807) is 11.3 Å². The largest absolute Gasteiger partial charge is 0.313 e. The van der Waals surface area contributed by atoms with Crippen LogP contribution in [0.3, 0.4) is 0 Å². The SMILES string of the molecule is Cc1ncc(CC(=O)c2cccc(C3CC3NCC3CC3)c2)s1. The highest BCUT2D eigenvalue weighted by molar-refractivity contribution is 7.11. The van der Waals surface area contributed by atoms with Gasteiger partial charge < -0.3 is 5.32 Å². The number of hydrogen-bond acceptors (Lipinski definition) is 4. The first-order valence-corrected chi connectivity index (χ1v) is 9.28. The minimum absolute atomic E-state index is 0.193. The summed E-state index contributed by atoms with van der Waals surface area (Å²) in [5, 5.41) is 4.68. The summed E-state index contributed by atoms with van der Waals surface area (Å²) in [4.78, 5) is 17.8. The maximum atomic E-state index is 12.5. The van der Waals surface area contributed by atoms with Crippen LogP contribution in [0.4, 0.5) is 0 Å². The number of thiazole rings is 1. The van der Waals surface area contributed by atoms with Crippen LogP contribution in [-0.2, 0) is 6.42 Å². The highest BCUT2D eigenvalue weighted by Crippen LogP contribution is 2.41. The first-order chi connectivity index (χ1) is 11.2. The van der Waals surface area contributed by atoms with Crippen LogP contribution in [0.25, 0.3) is 0 Å². The molecule has 23 heavy (non-hydrogen) atoms. The fourth-order valence-corrected chi connectivity index (χ4v) is 3.91. The van der Waals surface area contributed by atoms with E-state index in [-0.39, 0.29) is 5.78 Å². The Bertz CT molecular complexity index is 720. The van der Waals surface area contributed by atoms with Gasteiger partial charge in [-0.1, -0.05) is 18.2 Å². The molecule has 4 heteroatoms. The predicted octanol–water partition coefficient (Wildman–Crippen LogP) is 3.73. The van der Waals surface area contributed by atoms with Crippen molar-refractivity contribution in [1.82, 2.24) is 10.3 Å². The van der Waals surface area contributed by atoms with E-state index in [0.29, 0.717) is 18.4 Å². The van der Waals surface area contributed by atoms with E-state index < -0.39 is 0 Å². The number of Topliss-reactive ketones (excluding diaryl/α,β-unsaturated/α-hetero) is 1. The van der Waals surface area contributed by atoms with Crippen molar-refractivity contribution in [2.24, 2.45) is 5.92 Å². The molecule has 4 rings (SSSR count). The van der Waals surface area contributed by atoms with Crippen LogP contribution in [0, 0.1) is 12.8 Å². The molecule has 2 unspecified atom stereocenters. The summed E-state index contributed by atoms with van der Waals surface area (Å²) < 4.78 is 0. The van der Waals surface area contributed by atoms with Crippen LogP contribution in [0.1, 0.15) is 51.0 Å². The van der Waals surface area contributed by atoms with Crippen molar-refractivity contribution < 1.29 is 4.79 Å². The second kappa shape index (κ2) is 6.17. The molecule has 0 aliphatic heterocycles. The molecular weight excluding hydrogens is 304 g/mol. The molecule has 1 aromatic heterocycles. The first-order valence-electron chi connectivity index (χ1n) is 8.47. The number of rotatable bonds is 7. The van der Waals surface area contributed by atoms with E-state index in [2.05, 4.69) is 22.4 Å². The molecule has 120 valence electrons. The van der Waals surface area contributed by atoms with Gasteiger partial charge in [-0.3, -0.25) is 4.79 Å². The number of aryl methyl sites for hydroxylation is 1. The minimum Gasteiger partial charge on any atom is -0.313 e. The Balaban J connectivity index is 1.39. The first kappa shape index (κ1) is 15.0. The molecule has 0 bridgehead atoms.